The standard InChI is InChI=1S/C20H34N2O3.C13H19NO3.C8H19NO3S.CH2O3.2Cs.H/c1-6-22(7-2)15-8-16-24-18-11-9-17(10-12-18)13-14-21-19(23)25-20(3,4)5;1-13(2,3)17-12(16)14-9-8-10-4-6-11(15)7-5-10;1-4-9(5-2)7-6-8-12-13(3,10)11;2-1-4-3;;;/h9-12H,6-8,13-16H2,1-5H3,(H,21,23);4-7,15H,8-9H2,1-3H3,(H,14,16);4-8H2,1-3H3;1,3H;;;/q;;;;2*+1;-1/p-1. The minimum absolute atomic E-state index is 0. The van der Waals surface area contributed by atoms with Crippen LogP contribution in [0.1, 0.15) is 94.6 Å². The predicted octanol–water partition coefficient (Wildman–Crippen LogP) is -0.426. The monoisotopic (exact) mass is 1120 g/mol. The van der Waals surface area contributed by atoms with Crippen LogP contribution in [0.2, 0.25) is 0 Å². The summed E-state index contributed by atoms with van der Waals surface area (Å²) in [5.74, 6) is 1.14. The van der Waals surface area contributed by atoms with Gasteiger partial charge in [-0.15, -0.1) is 0 Å². The van der Waals surface area contributed by atoms with E-state index in [9.17, 15) is 18.0 Å². The molecule has 3 N–H and O–H groups in total. The molecule has 342 valence electrons. The van der Waals surface area contributed by atoms with Gasteiger partial charge in [0.15, 0.2) is 0 Å². The van der Waals surface area contributed by atoms with Gasteiger partial charge in [0.1, 0.15) is 22.7 Å². The molecule has 0 aliphatic rings. The second kappa shape index (κ2) is 40.2. The first kappa shape index (κ1) is 67.5. The van der Waals surface area contributed by atoms with Crippen LogP contribution in [0.3, 0.4) is 0 Å². The second-order valence-corrected chi connectivity index (χ2v) is 16.6. The summed E-state index contributed by atoms with van der Waals surface area (Å²) in [5.41, 5.74) is 1.28. The van der Waals surface area contributed by atoms with Crippen LogP contribution < -0.4 is 158 Å². The molecule has 0 heterocycles. The fourth-order valence-electron chi connectivity index (χ4n) is 4.72. The maximum absolute atomic E-state index is 11.6. The molecule has 0 aliphatic heterocycles. The summed E-state index contributed by atoms with van der Waals surface area (Å²) in [5, 5.41) is 23.0. The van der Waals surface area contributed by atoms with Crippen molar-refractivity contribution in [2.24, 2.45) is 0 Å². The summed E-state index contributed by atoms with van der Waals surface area (Å²) in [7, 11) is -3.25. The summed E-state index contributed by atoms with van der Waals surface area (Å²) in [4.78, 5) is 38.8. The molecule has 0 unspecified atom stereocenters. The molecule has 2 rings (SSSR count). The molecule has 0 radical (unpaired) electrons. The van der Waals surface area contributed by atoms with Crippen molar-refractivity contribution >= 4 is 28.8 Å². The van der Waals surface area contributed by atoms with E-state index in [1.165, 1.54) is 0 Å². The molecule has 0 aromatic heterocycles. The van der Waals surface area contributed by atoms with Gasteiger partial charge in [0.05, 0.1) is 19.5 Å². The van der Waals surface area contributed by atoms with E-state index in [0.717, 1.165) is 88.3 Å². The minimum atomic E-state index is -3.25. The minimum Gasteiger partial charge on any atom is -1.00 e. The van der Waals surface area contributed by atoms with Gasteiger partial charge in [-0.2, -0.15) is 8.42 Å². The zero-order chi connectivity index (χ0) is 45.3. The number of rotatable bonds is 21. The quantitative estimate of drug-likeness (QED) is 0.0478. The van der Waals surface area contributed by atoms with Crippen molar-refractivity contribution < 1.29 is 196 Å². The average molecular weight is 1120 g/mol. The van der Waals surface area contributed by atoms with Crippen molar-refractivity contribution in [2.45, 2.75) is 106 Å². The smallest absolute Gasteiger partial charge is 1.00 e. The number of carbonyl (C=O) groups is 3. The molecule has 0 aliphatic carbocycles. The molecule has 0 bridgehead atoms. The van der Waals surface area contributed by atoms with Crippen LogP contribution in [0.25, 0.3) is 0 Å². The van der Waals surface area contributed by atoms with Crippen LogP contribution in [0.15, 0.2) is 48.5 Å². The van der Waals surface area contributed by atoms with Gasteiger partial charge in [0.25, 0.3) is 16.6 Å². The maximum atomic E-state index is 11.6. The van der Waals surface area contributed by atoms with Crippen LogP contribution in [-0.4, -0.2) is 125 Å². The zero-order valence-electron chi connectivity index (χ0n) is 40.3. The Morgan fingerprint density at radius 2 is 1.08 bits per heavy atom. The number of ether oxygens (including phenoxy) is 3. The molecule has 0 spiro atoms. The van der Waals surface area contributed by atoms with Crippen molar-refractivity contribution in [3.05, 3.63) is 59.7 Å². The zero-order valence-corrected chi connectivity index (χ0v) is 52.7. The Balaban J connectivity index is -0.000000257. The second-order valence-electron chi connectivity index (χ2n) is 15.0. The van der Waals surface area contributed by atoms with Crippen LogP contribution in [-0.2, 0) is 46.3 Å². The fraction of sp³-hybridized carbons (Fsp3) is 0.643. The Morgan fingerprint density at radius 1 is 0.721 bits per heavy atom. The van der Waals surface area contributed by atoms with E-state index < -0.39 is 27.4 Å². The van der Waals surface area contributed by atoms with Crippen molar-refractivity contribution in [1.82, 2.24) is 20.4 Å². The van der Waals surface area contributed by atoms with Crippen molar-refractivity contribution in [3.63, 3.8) is 0 Å². The summed E-state index contributed by atoms with van der Waals surface area (Å²) >= 11 is 0. The number of nitrogens with one attached hydrogen (secondary N) is 2. The molecular formula is C42H74Cs2N4O12S. The number of carbonyl (C=O) groups excluding carboxylic acids is 3. The van der Waals surface area contributed by atoms with Gasteiger partial charge in [-0.3, -0.25) is 8.98 Å². The molecule has 0 fully saturated rings. The summed E-state index contributed by atoms with van der Waals surface area (Å²) in [6.07, 6.45) is 3.56. The normalized spacial score (nSPS) is 10.7. The van der Waals surface area contributed by atoms with Crippen LogP contribution >= 0.6 is 0 Å². The van der Waals surface area contributed by atoms with Gasteiger partial charge in [-0.05, 0) is 129 Å². The third-order valence-electron chi connectivity index (χ3n) is 7.66. The fourth-order valence-corrected chi connectivity index (χ4v) is 5.14. The van der Waals surface area contributed by atoms with Gasteiger partial charge in [0.2, 0.25) is 0 Å². The van der Waals surface area contributed by atoms with E-state index >= 15 is 0 Å². The van der Waals surface area contributed by atoms with Crippen LogP contribution in [0.4, 0.5) is 9.59 Å². The van der Waals surface area contributed by atoms with Crippen molar-refractivity contribution in [2.75, 3.05) is 71.8 Å². The predicted molar refractivity (Wildman–Crippen MR) is 230 cm³/mol. The number of phenols is 1. The summed E-state index contributed by atoms with van der Waals surface area (Å²) in [6, 6.07) is 15.0. The molecule has 19 heteroatoms. The molecule has 0 saturated heterocycles. The van der Waals surface area contributed by atoms with E-state index in [-0.39, 0.29) is 164 Å². The van der Waals surface area contributed by atoms with Gasteiger partial charge in [0, 0.05) is 26.2 Å². The molecule has 0 saturated carbocycles. The summed E-state index contributed by atoms with van der Waals surface area (Å²) in [6.45, 7) is 27.6. The first-order valence-electron chi connectivity index (χ1n) is 20.1. The van der Waals surface area contributed by atoms with E-state index in [1.54, 1.807) is 12.1 Å². The molecule has 2 aromatic carbocycles. The number of phenolic OH excluding ortho intramolecular Hbond substituents is 1. The number of amides is 2. The maximum Gasteiger partial charge on any atom is 1.00 e. The molecular weight excluding hydrogens is 1050 g/mol. The Labute approximate surface area is 486 Å². The number of hydrogen-bond donors (Lipinski definition) is 3. The van der Waals surface area contributed by atoms with E-state index in [1.807, 2.05) is 77.9 Å². The van der Waals surface area contributed by atoms with Gasteiger partial charge < -0.3 is 51.3 Å². The van der Waals surface area contributed by atoms with Gasteiger partial charge >= 0.3 is 150 Å². The van der Waals surface area contributed by atoms with Crippen molar-refractivity contribution in [1.29, 1.82) is 0 Å². The van der Waals surface area contributed by atoms with Gasteiger partial charge in [-0.1, -0.05) is 52.0 Å². The summed E-state index contributed by atoms with van der Waals surface area (Å²) < 4.78 is 41.9. The largest absolute Gasteiger partial charge is 1.00 e. The first-order chi connectivity index (χ1) is 27.6. The Bertz CT molecular complexity index is 1490. The molecule has 2 amide bonds. The molecule has 2 aromatic rings. The number of hydrogen-bond acceptors (Lipinski definition) is 14. The van der Waals surface area contributed by atoms with E-state index in [0.29, 0.717) is 19.5 Å². The van der Waals surface area contributed by atoms with Crippen LogP contribution in [0.5, 0.6) is 11.5 Å². The molecule has 61 heavy (non-hydrogen) atoms. The van der Waals surface area contributed by atoms with E-state index in [2.05, 4.69) is 57.2 Å². The Hall–Kier alpha value is -0.0561. The molecule has 16 nitrogen and oxygen atoms in total. The number of nitrogens with zero attached hydrogens (tertiary/aromatic N) is 2. The SMILES string of the molecule is CC(C)(C)OC(=O)NCCc1ccc(O)cc1.CCN(CC)CCCOS(C)(=O)=O.CCN(CC)CCCOc1ccc(CCNC(=O)OC(C)(C)C)cc1.O=CO[O-].[Cs+].[Cs+].[H-]. The van der Waals surface area contributed by atoms with Crippen LogP contribution in [0, 0.1) is 0 Å². The topological polar surface area (TPSA) is 205 Å². The number of alkyl carbamates (subject to hydrolysis) is 2. The number of aromatic hydroxyl groups is 1. The van der Waals surface area contributed by atoms with Gasteiger partial charge in [-0.25, -0.2) is 9.59 Å². The number of benzene rings is 2. The Morgan fingerprint density at radius 3 is 1.41 bits per heavy atom. The first-order valence-corrected chi connectivity index (χ1v) is 21.9. The van der Waals surface area contributed by atoms with Crippen molar-refractivity contribution in [3.8, 4) is 11.5 Å². The van der Waals surface area contributed by atoms with E-state index in [4.69, 9.17) is 29.4 Å². The molecule has 0 atom stereocenters. The Kier molecular flexibility index (Phi) is 44.5. The average Bonchev–Trinajstić information content (AvgIpc) is 3.15. The third kappa shape index (κ3) is 46.3. The third-order valence-corrected chi connectivity index (χ3v) is 8.25.